The average molecular weight is 465 g/mol. The van der Waals surface area contributed by atoms with Crippen molar-refractivity contribution in [1.82, 2.24) is 0 Å². The van der Waals surface area contributed by atoms with E-state index in [1.807, 2.05) is 55.5 Å². The molecule has 0 bridgehead atoms. The summed E-state index contributed by atoms with van der Waals surface area (Å²) in [5.41, 5.74) is 5.94. The first-order chi connectivity index (χ1) is 12.3. The molecule has 0 radical (unpaired) electrons. The molecule has 26 heavy (non-hydrogen) atoms. The molecule has 0 spiro atoms. The number of halogens is 3. The molecule has 0 saturated heterocycles. The average Bonchev–Trinajstić information content (AvgIpc) is 2.57. The van der Waals surface area contributed by atoms with Crippen molar-refractivity contribution >= 4 is 67.6 Å². The molecule has 0 aliphatic heterocycles. The van der Waals surface area contributed by atoms with Crippen molar-refractivity contribution < 1.29 is 0 Å². The minimum absolute atomic E-state index is 0.615. The number of anilines is 2. The Balaban J connectivity index is 1.88. The minimum Gasteiger partial charge on any atom is -0.355 e. The second kappa shape index (κ2) is 8.10. The van der Waals surface area contributed by atoms with E-state index in [1.165, 1.54) is 0 Å². The number of nitrogens with one attached hydrogen (secondary N) is 1. The predicted molar refractivity (Wildman–Crippen MR) is 121 cm³/mol. The van der Waals surface area contributed by atoms with Crippen LogP contribution in [-0.2, 0) is 0 Å². The van der Waals surface area contributed by atoms with E-state index < -0.39 is 0 Å². The zero-order chi connectivity index (χ0) is 18.8. The Bertz CT molecular complexity index is 1000. The Kier molecular flexibility index (Phi) is 6.03. The van der Waals surface area contributed by atoms with Crippen LogP contribution in [0.25, 0.3) is 0 Å². The first-order valence-corrected chi connectivity index (χ1v) is 9.94. The first kappa shape index (κ1) is 19.4. The highest BCUT2D eigenvalue weighted by molar-refractivity contribution is 9.10. The van der Waals surface area contributed by atoms with Gasteiger partial charge < -0.3 is 5.32 Å². The molecule has 1 N–H and O–H groups in total. The number of hydrogen-bond donors (Lipinski definition) is 1. The Hall–Kier alpha value is -1.39. The molecule has 0 amide bonds. The standard InChI is InChI=1S/C21H16BrCl2NS/c1-12-10-15(23)4-6-17(12)21(26)18-7-5-16(11-19(18)24)25-20-8-3-14(22)9-13(20)2/h3-11,25H,1-2H3. The van der Waals surface area contributed by atoms with Crippen molar-refractivity contribution in [2.75, 3.05) is 5.32 Å². The van der Waals surface area contributed by atoms with E-state index in [1.54, 1.807) is 0 Å². The summed E-state index contributed by atoms with van der Waals surface area (Å²) in [7, 11) is 0. The van der Waals surface area contributed by atoms with Gasteiger partial charge in [0.05, 0.1) is 9.89 Å². The molecular formula is C21H16BrCl2NS. The molecule has 0 aliphatic carbocycles. The second-order valence-corrected chi connectivity index (χ2v) is 8.23. The quantitative estimate of drug-likeness (QED) is 0.311. The van der Waals surface area contributed by atoms with Gasteiger partial charge in [-0.05, 0) is 79.1 Å². The van der Waals surface area contributed by atoms with Crippen LogP contribution < -0.4 is 5.32 Å². The van der Waals surface area contributed by atoms with E-state index in [9.17, 15) is 0 Å². The molecule has 3 aromatic carbocycles. The van der Waals surface area contributed by atoms with Crippen LogP contribution in [-0.4, -0.2) is 4.86 Å². The van der Waals surface area contributed by atoms with Crippen LogP contribution in [0.1, 0.15) is 22.3 Å². The molecule has 0 saturated carbocycles. The summed E-state index contributed by atoms with van der Waals surface area (Å²) >= 11 is 21.7. The smallest absolute Gasteiger partial charge is 0.0539 e. The zero-order valence-corrected chi connectivity index (χ0v) is 18.2. The molecule has 3 rings (SSSR count). The van der Waals surface area contributed by atoms with Crippen LogP contribution in [0.4, 0.5) is 11.4 Å². The molecule has 1 nitrogen and oxygen atoms in total. The van der Waals surface area contributed by atoms with E-state index in [4.69, 9.17) is 35.4 Å². The van der Waals surface area contributed by atoms with Gasteiger partial charge in [0, 0.05) is 26.4 Å². The fraction of sp³-hybridized carbons (Fsp3) is 0.0952. The third-order valence-corrected chi connectivity index (χ3v) is 5.60. The van der Waals surface area contributed by atoms with Gasteiger partial charge in [-0.2, -0.15) is 0 Å². The van der Waals surface area contributed by atoms with Crippen LogP contribution in [0.2, 0.25) is 10.0 Å². The summed E-state index contributed by atoms with van der Waals surface area (Å²) in [6.07, 6.45) is 0. The second-order valence-electron chi connectivity index (χ2n) is 6.07. The van der Waals surface area contributed by atoms with E-state index in [2.05, 4.69) is 34.2 Å². The summed E-state index contributed by atoms with van der Waals surface area (Å²) in [4.78, 5) is 0.718. The van der Waals surface area contributed by atoms with E-state index >= 15 is 0 Å². The number of aryl methyl sites for hydroxylation is 2. The number of rotatable bonds is 4. The molecule has 132 valence electrons. The molecule has 0 fully saturated rings. The third-order valence-electron chi connectivity index (χ3n) is 4.11. The summed E-state index contributed by atoms with van der Waals surface area (Å²) in [6, 6.07) is 17.6. The minimum atomic E-state index is 0.615. The Labute approximate surface area is 177 Å². The predicted octanol–water partition coefficient (Wildman–Crippen LogP) is 7.88. The lowest BCUT2D eigenvalue weighted by atomic mass is 10.00. The van der Waals surface area contributed by atoms with Crippen LogP contribution in [0.3, 0.4) is 0 Å². The summed E-state index contributed by atoms with van der Waals surface area (Å²) in [5.74, 6) is 0. The highest BCUT2D eigenvalue weighted by Crippen LogP contribution is 2.29. The maximum absolute atomic E-state index is 6.53. The van der Waals surface area contributed by atoms with Crippen molar-refractivity contribution in [3.63, 3.8) is 0 Å². The maximum atomic E-state index is 6.53. The van der Waals surface area contributed by atoms with Gasteiger partial charge in [0.15, 0.2) is 0 Å². The Morgan fingerprint density at radius 3 is 2.27 bits per heavy atom. The lowest BCUT2D eigenvalue weighted by Crippen LogP contribution is -2.04. The number of hydrogen-bond acceptors (Lipinski definition) is 2. The normalized spacial score (nSPS) is 10.7. The molecule has 0 aliphatic rings. The molecule has 0 aromatic heterocycles. The van der Waals surface area contributed by atoms with Gasteiger partial charge in [-0.25, -0.2) is 0 Å². The fourth-order valence-electron chi connectivity index (χ4n) is 2.73. The first-order valence-electron chi connectivity index (χ1n) is 7.99. The highest BCUT2D eigenvalue weighted by Gasteiger charge is 2.12. The topological polar surface area (TPSA) is 12.0 Å². The van der Waals surface area contributed by atoms with Gasteiger partial charge in [-0.3, -0.25) is 0 Å². The third kappa shape index (κ3) is 4.29. The Morgan fingerprint density at radius 2 is 1.62 bits per heavy atom. The molecular weight excluding hydrogens is 449 g/mol. The lowest BCUT2D eigenvalue weighted by molar-refractivity contribution is 1.41. The van der Waals surface area contributed by atoms with Crippen molar-refractivity contribution in [2.24, 2.45) is 0 Å². The molecule has 0 unspecified atom stereocenters. The van der Waals surface area contributed by atoms with Gasteiger partial charge in [-0.15, -0.1) is 0 Å². The molecule has 3 aromatic rings. The summed E-state index contributed by atoms with van der Waals surface area (Å²) < 4.78 is 1.05. The molecule has 0 heterocycles. The van der Waals surface area contributed by atoms with Crippen molar-refractivity contribution in [3.05, 3.63) is 91.4 Å². The van der Waals surface area contributed by atoms with Crippen molar-refractivity contribution in [2.45, 2.75) is 13.8 Å². The van der Waals surface area contributed by atoms with Crippen LogP contribution in [0, 0.1) is 13.8 Å². The van der Waals surface area contributed by atoms with Crippen molar-refractivity contribution in [1.29, 1.82) is 0 Å². The molecule has 0 atom stereocenters. The summed E-state index contributed by atoms with van der Waals surface area (Å²) in [6.45, 7) is 4.05. The van der Waals surface area contributed by atoms with Gasteiger partial charge in [0.25, 0.3) is 0 Å². The van der Waals surface area contributed by atoms with Gasteiger partial charge >= 0.3 is 0 Å². The SMILES string of the molecule is Cc1cc(Br)ccc1Nc1ccc(C(=S)c2ccc(Cl)cc2C)c(Cl)c1. The van der Waals surface area contributed by atoms with Crippen LogP contribution in [0.15, 0.2) is 59.1 Å². The van der Waals surface area contributed by atoms with E-state index in [0.717, 1.165) is 43.0 Å². The monoisotopic (exact) mass is 463 g/mol. The zero-order valence-electron chi connectivity index (χ0n) is 14.2. The summed E-state index contributed by atoms with van der Waals surface area (Å²) in [5, 5.41) is 4.71. The van der Waals surface area contributed by atoms with Crippen molar-refractivity contribution in [3.8, 4) is 0 Å². The fourth-order valence-corrected chi connectivity index (χ4v) is 4.17. The van der Waals surface area contributed by atoms with Gasteiger partial charge in [0.2, 0.25) is 0 Å². The van der Waals surface area contributed by atoms with E-state index in [-0.39, 0.29) is 0 Å². The van der Waals surface area contributed by atoms with E-state index in [0.29, 0.717) is 10.0 Å². The lowest BCUT2D eigenvalue weighted by Gasteiger charge is -2.13. The highest BCUT2D eigenvalue weighted by atomic mass is 79.9. The Morgan fingerprint density at radius 1 is 0.885 bits per heavy atom. The number of thiocarbonyl (C=S) groups is 1. The van der Waals surface area contributed by atoms with Crippen LogP contribution in [0.5, 0.6) is 0 Å². The maximum Gasteiger partial charge on any atom is 0.0539 e. The van der Waals surface area contributed by atoms with Gasteiger partial charge in [0.1, 0.15) is 0 Å². The molecule has 5 heteroatoms. The number of benzene rings is 3. The van der Waals surface area contributed by atoms with Gasteiger partial charge in [-0.1, -0.05) is 57.4 Å². The largest absolute Gasteiger partial charge is 0.355 e. The van der Waals surface area contributed by atoms with Crippen LogP contribution >= 0.6 is 51.3 Å².